The summed E-state index contributed by atoms with van der Waals surface area (Å²) in [5.41, 5.74) is 9.51. The van der Waals surface area contributed by atoms with E-state index in [0.29, 0.717) is 0 Å². The lowest BCUT2D eigenvalue weighted by Gasteiger charge is -2.11. The van der Waals surface area contributed by atoms with Gasteiger partial charge in [-0.1, -0.05) is 24.3 Å². The van der Waals surface area contributed by atoms with Crippen LogP contribution in [-0.2, 0) is 16.1 Å². The lowest BCUT2D eigenvalue weighted by molar-refractivity contribution is -0.141. The third-order valence-electron chi connectivity index (χ3n) is 4.16. The number of aromatic nitrogens is 1. The first-order valence-electron chi connectivity index (χ1n) is 7.49. The van der Waals surface area contributed by atoms with Gasteiger partial charge in [-0.05, 0) is 30.7 Å². The number of hydrogen-bond donors (Lipinski definition) is 1. The van der Waals surface area contributed by atoms with E-state index in [-0.39, 0.29) is 18.4 Å². The third kappa shape index (κ3) is 2.35. The number of methoxy groups -OCH3 is 1. The molecule has 1 heterocycles. The number of esters is 1. The van der Waals surface area contributed by atoms with E-state index in [0.717, 1.165) is 12.1 Å². The minimum Gasteiger partial charge on any atom is -0.469 e. The normalized spacial score (nSPS) is 12.7. The van der Waals surface area contributed by atoms with Crippen molar-refractivity contribution in [2.75, 3.05) is 7.11 Å². The minimum absolute atomic E-state index is 0.189. The number of nitrogens with two attached hydrogens (primary N) is 1. The maximum Gasteiger partial charge on any atom is 0.307 e. The van der Waals surface area contributed by atoms with Gasteiger partial charge in [-0.25, -0.2) is 0 Å². The van der Waals surface area contributed by atoms with Crippen molar-refractivity contribution in [2.45, 2.75) is 25.9 Å². The van der Waals surface area contributed by atoms with Crippen LogP contribution in [-0.4, -0.2) is 17.6 Å². The first-order chi connectivity index (χ1) is 10.7. The minimum atomic E-state index is -0.347. The molecule has 1 aromatic heterocycles. The Hall–Kier alpha value is -2.33. The second-order valence-electron chi connectivity index (χ2n) is 5.42. The van der Waals surface area contributed by atoms with Crippen molar-refractivity contribution >= 4 is 27.8 Å². The first-order valence-corrected chi connectivity index (χ1v) is 7.49. The van der Waals surface area contributed by atoms with Crippen LogP contribution in [0.25, 0.3) is 21.8 Å². The molecule has 2 aromatic carbocycles. The highest BCUT2D eigenvalue weighted by Crippen LogP contribution is 2.31. The molecule has 0 bridgehead atoms. The Kier molecular flexibility index (Phi) is 3.86. The fraction of sp³-hybridized carbons (Fsp3) is 0.278. The Labute approximate surface area is 129 Å². The summed E-state index contributed by atoms with van der Waals surface area (Å²) in [7, 11) is 1.38. The fourth-order valence-electron chi connectivity index (χ4n) is 3.02. The van der Waals surface area contributed by atoms with E-state index in [1.807, 2.05) is 12.1 Å². The Morgan fingerprint density at radius 3 is 2.64 bits per heavy atom. The number of nitrogens with zero attached hydrogens (tertiary/aromatic N) is 1. The highest BCUT2D eigenvalue weighted by atomic mass is 16.5. The monoisotopic (exact) mass is 296 g/mol. The van der Waals surface area contributed by atoms with Crippen LogP contribution in [0, 0.1) is 0 Å². The number of para-hydroxylation sites is 1. The molecule has 22 heavy (non-hydrogen) atoms. The van der Waals surface area contributed by atoms with Crippen molar-refractivity contribution in [3.05, 3.63) is 48.0 Å². The predicted octanol–water partition coefficient (Wildman–Crippen LogP) is 3.38. The molecule has 0 fully saturated rings. The maximum absolute atomic E-state index is 11.4. The Morgan fingerprint density at radius 2 is 1.91 bits per heavy atom. The molecular weight excluding hydrogens is 276 g/mol. The van der Waals surface area contributed by atoms with E-state index in [9.17, 15) is 4.79 Å². The zero-order valence-electron chi connectivity index (χ0n) is 12.9. The largest absolute Gasteiger partial charge is 0.469 e. The number of fused-ring (bicyclic) bond motifs is 3. The lowest BCUT2D eigenvalue weighted by atomic mass is 10.0. The molecular formula is C18H20N2O2. The molecule has 2 N–H and O–H groups in total. The van der Waals surface area contributed by atoms with Crippen LogP contribution in [0.1, 0.15) is 24.9 Å². The van der Waals surface area contributed by atoms with Crippen LogP contribution in [0.3, 0.4) is 0 Å². The second kappa shape index (κ2) is 5.81. The van der Waals surface area contributed by atoms with Crippen LogP contribution in [0.2, 0.25) is 0 Å². The molecule has 0 saturated carbocycles. The van der Waals surface area contributed by atoms with Gasteiger partial charge in [0.2, 0.25) is 0 Å². The molecule has 3 aromatic rings. The summed E-state index contributed by atoms with van der Waals surface area (Å²) in [4.78, 5) is 11.4. The van der Waals surface area contributed by atoms with Gasteiger partial charge < -0.3 is 15.0 Å². The molecule has 0 amide bonds. The van der Waals surface area contributed by atoms with Crippen LogP contribution < -0.4 is 5.73 Å². The summed E-state index contributed by atoms with van der Waals surface area (Å²) in [6.07, 6.45) is 0.189. The fourth-order valence-corrected chi connectivity index (χ4v) is 3.02. The summed E-state index contributed by atoms with van der Waals surface area (Å²) in [5.74, 6) is -0.288. The molecule has 4 nitrogen and oxygen atoms in total. The number of rotatable bonds is 4. The van der Waals surface area contributed by atoms with Crippen LogP contribution in [0.15, 0.2) is 42.5 Å². The third-order valence-corrected chi connectivity index (χ3v) is 4.16. The second-order valence-corrected chi connectivity index (χ2v) is 5.42. The summed E-state index contributed by atoms with van der Waals surface area (Å²) >= 11 is 0. The standard InChI is InChI=1S/C18H20N2O2/c1-3-20-16-7-5-4-6-13(16)14-10-12(8-9-17(14)20)15(19)11-18(21)22-2/h4-10,15H,3,11,19H2,1-2H3/t15-/m1/s1. The molecule has 0 spiro atoms. The first kappa shape index (κ1) is 14.6. The molecule has 4 heteroatoms. The Bertz CT molecular complexity index is 836. The van der Waals surface area contributed by atoms with E-state index < -0.39 is 0 Å². The lowest BCUT2D eigenvalue weighted by Crippen LogP contribution is -2.16. The van der Waals surface area contributed by atoms with Crippen LogP contribution >= 0.6 is 0 Å². The summed E-state index contributed by atoms with van der Waals surface area (Å²) in [6.45, 7) is 3.06. The SMILES string of the molecule is CCn1c2ccccc2c2cc([C@H](N)CC(=O)OC)ccc21. The molecule has 0 radical (unpaired) electrons. The van der Waals surface area contributed by atoms with E-state index in [4.69, 9.17) is 10.5 Å². The molecule has 3 rings (SSSR count). The van der Waals surface area contributed by atoms with Crippen molar-refractivity contribution in [3.63, 3.8) is 0 Å². The number of carbonyl (C=O) groups excluding carboxylic acids is 1. The predicted molar refractivity (Wildman–Crippen MR) is 88.7 cm³/mol. The Balaban J connectivity index is 2.13. The highest BCUT2D eigenvalue weighted by Gasteiger charge is 2.15. The van der Waals surface area contributed by atoms with E-state index in [2.05, 4.69) is 41.8 Å². The van der Waals surface area contributed by atoms with E-state index in [1.54, 1.807) is 0 Å². The molecule has 0 aliphatic carbocycles. The van der Waals surface area contributed by atoms with Gasteiger partial charge in [0.05, 0.1) is 13.5 Å². The number of aryl methyl sites for hydroxylation is 1. The van der Waals surface area contributed by atoms with Gasteiger partial charge in [0.25, 0.3) is 0 Å². The van der Waals surface area contributed by atoms with Gasteiger partial charge >= 0.3 is 5.97 Å². The van der Waals surface area contributed by atoms with Crippen LogP contribution in [0.5, 0.6) is 0 Å². The summed E-state index contributed by atoms with van der Waals surface area (Å²) < 4.78 is 6.99. The van der Waals surface area contributed by atoms with E-state index >= 15 is 0 Å². The highest BCUT2D eigenvalue weighted by molar-refractivity contribution is 6.08. The quantitative estimate of drug-likeness (QED) is 0.751. The van der Waals surface area contributed by atoms with Gasteiger partial charge in [-0.3, -0.25) is 4.79 Å². The number of ether oxygens (including phenoxy) is 1. The van der Waals surface area contributed by atoms with Crippen molar-refractivity contribution < 1.29 is 9.53 Å². The molecule has 1 atom stereocenters. The molecule has 0 aliphatic rings. The summed E-state index contributed by atoms with van der Waals surface area (Å²) in [6, 6.07) is 14.2. The molecule has 114 valence electrons. The summed E-state index contributed by atoms with van der Waals surface area (Å²) in [5, 5.41) is 2.39. The van der Waals surface area contributed by atoms with Gasteiger partial charge in [0.15, 0.2) is 0 Å². The van der Waals surface area contributed by atoms with E-state index in [1.165, 1.54) is 28.9 Å². The Morgan fingerprint density at radius 1 is 1.18 bits per heavy atom. The maximum atomic E-state index is 11.4. The van der Waals surface area contributed by atoms with Gasteiger partial charge in [-0.15, -0.1) is 0 Å². The van der Waals surface area contributed by atoms with Gasteiger partial charge in [-0.2, -0.15) is 0 Å². The zero-order valence-corrected chi connectivity index (χ0v) is 12.9. The number of carbonyl (C=O) groups is 1. The van der Waals surface area contributed by atoms with Gasteiger partial charge in [0.1, 0.15) is 0 Å². The topological polar surface area (TPSA) is 57.2 Å². The average Bonchev–Trinajstić information content (AvgIpc) is 2.87. The van der Waals surface area contributed by atoms with Crippen molar-refractivity contribution in [3.8, 4) is 0 Å². The smallest absolute Gasteiger partial charge is 0.307 e. The zero-order chi connectivity index (χ0) is 15.7. The van der Waals surface area contributed by atoms with Crippen molar-refractivity contribution in [1.82, 2.24) is 4.57 Å². The molecule has 0 unspecified atom stereocenters. The molecule has 0 saturated heterocycles. The van der Waals surface area contributed by atoms with Crippen molar-refractivity contribution in [1.29, 1.82) is 0 Å². The van der Waals surface area contributed by atoms with Gasteiger partial charge in [0, 0.05) is 34.4 Å². The number of benzene rings is 2. The van der Waals surface area contributed by atoms with Crippen LogP contribution in [0.4, 0.5) is 0 Å². The number of hydrogen-bond acceptors (Lipinski definition) is 3. The van der Waals surface area contributed by atoms with Crippen molar-refractivity contribution in [2.24, 2.45) is 5.73 Å². The average molecular weight is 296 g/mol. The molecule has 0 aliphatic heterocycles.